The predicted octanol–water partition coefficient (Wildman–Crippen LogP) is 31.1. The van der Waals surface area contributed by atoms with Crippen LogP contribution in [0.1, 0.15) is 542 Å². The molecule has 0 radical (unpaired) electrons. The van der Waals surface area contributed by atoms with Gasteiger partial charge in [-0.1, -0.05) is 117 Å². The number of nitrogens with zero attached hydrogens (tertiary/aromatic N) is 10. The van der Waals surface area contributed by atoms with Crippen LogP contribution in [0.4, 0.5) is 0 Å². The molecule has 10 heterocycles. The van der Waals surface area contributed by atoms with E-state index in [0.29, 0.717) is 0 Å². The zero-order valence-electron chi connectivity index (χ0n) is 93.8. The van der Waals surface area contributed by atoms with Crippen molar-refractivity contribution < 1.29 is 44.8 Å². The lowest BCUT2D eigenvalue weighted by atomic mass is 9.92. The van der Waals surface area contributed by atoms with Crippen LogP contribution in [0.15, 0.2) is 0 Å². The Bertz CT molecular complexity index is 2710. The molecule has 784 valence electrons. The fourth-order valence-corrected chi connectivity index (χ4v) is 35.2. The van der Waals surface area contributed by atoms with E-state index in [1.807, 2.05) is 0 Å². The zero-order valence-corrected chi connectivity index (χ0v) is 93.8. The summed E-state index contributed by atoms with van der Waals surface area (Å²) in [6, 6.07) is 10.3. The fraction of sp³-hybridized carbons (Fsp3) is 1.00. The average Bonchev–Trinajstić information content (AvgIpc) is 1.61. The van der Waals surface area contributed by atoms with Gasteiger partial charge in [-0.15, -0.1) is 0 Å². The van der Waals surface area contributed by atoms with Crippen molar-refractivity contribution in [2.45, 2.75) is 603 Å². The molecule has 10 nitrogen and oxygen atoms in total. The van der Waals surface area contributed by atoms with Gasteiger partial charge in [0.25, 0.3) is 0 Å². The van der Waals surface area contributed by atoms with Gasteiger partial charge in [-0.2, -0.15) is 0 Å². The summed E-state index contributed by atoms with van der Waals surface area (Å²) in [5.74, 6) is 0. The molecule has 0 N–H and O–H groups in total. The number of hydrogen-bond acceptors (Lipinski definition) is 0. The van der Waals surface area contributed by atoms with Crippen LogP contribution in [-0.2, 0) is 0 Å². The van der Waals surface area contributed by atoms with E-state index < -0.39 is 0 Å². The van der Waals surface area contributed by atoms with Gasteiger partial charge in [0.05, 0.1) is 259 Å². The SMILES string of the molecule is CCCC[N+]1(C2CCCCCC2)CCCC1.CCC[N+]1(C2CCCCC2)CCCC1.CC[N+]1(C2CCCCC2)CCCC1.CC[N+]1(C2CCCCCC2)CCCC1.CC[N+]1(C2CCCCCC2)CCCC1.CC[N+]1(C2CCCCCC2)CCCC1.C[N+]1(C2CCCC2)CCCC1.C[N+]1(C2CCCCC2)CCCC1.C[N+]1(C2CCCCCC2)CCCC1.C[N+]1(C2CCCCCC2)CCCC1. The molecule has 0 aromatic heterocycles. The molecule has 134 heavy (non-hydrogen) atoms. The van der Waals surface area contributed by atoms with E-state index in [0.717, 1.165) is 60.4 Å². The maximum atomic E-state index is 2.50. The minimum absolute atomic E-state index is 1.02. The molecule has 20 rings (SSSR count). The van der Waals surface area contributed by atoms with Crippen molar-refractivity contribution in [3.8, 4) is 0 Å². The molecule has 10 aliphatic carbocycles. The van der Waals surface area contributed by atoms with E-state index in [2.05, 4.69) is 69.7 Å². The Morgan fingerprint density at radius 3 is 0.410 bits per heavy atom. The second-order valence-corrected chi connectivity index (χ2v) is 52.5. The Kier molecular flexibility index (Phi) is 52.1. The van der Waals surface area contributed by atoms with Crippen LogP contribution >= 0.6 is 0 Å². The van der Waals surface area contributed by atoms with Crippen LogP contribution in [-0.4, -0.2) is 304 Å². The number of rotatable bonds is 19. The van der Waals surface area contributed by atoms with Gasteiger partial charge in [-0.25, -0.2) is 0 Å². The van der Waals surface area contributed by atoms with Gasteiger partial charge in [0, 0.05) is 128 Å². The predicted molar refractivity (Wildman–Crippen MR) is 585 cm³/mol. The Morgan fingerprint density at radius 2 is 0.254 bits per heavy atom. The fourth-order valence-electron chi connectivity index (χ4n) is 35.2. The minimum atomic E-state index is 1.02. The summed E-state index contributed by atoms with van der Waals surface area (Å²) in [7, 11) is 9.97. The minimum Gasteiger partial charge on any atom is -0.324 e. The molecule has 20 fully saturated rings. The van der Waals surface area contributed by atoms with Crippen molar-refractivity contribution in [1.29, 1.82) is 0 Å². The van der Waals surface area contributed by atoms with Crippen molar-refractivity contribution in [2.75, 3.05) is 198 Å². The quantitative estimate of drug-likeness (QED) is 0.0893. The molecule has 0 aromatic carbocycles. The maximum Gasteiger partial charge on any atom is 0.0890 e. The smallest absolute Gasteiger partial charge is 0.0890 e. The molecule has 0 bridgehead atoms. The third kappa shape index (κ3) is 34.4. The van der Waals surface area contributed by atoms with E-state index in [1.165, 1.54) is 716 Å². The molecule has 0 atom stereocenters. The van der Waals surface area contributed by atoms with E-state index in [-0.39, 0.29) is 0 Å². The van der Waals surface area contributed by atoms with Crippen molar-refractivity contribution in [3.05, 3.63) is 0 Å². The van der Waals surface area contributed by atoms with Crippen LogP contribution in [0.25, 0.3) is 0 Å². The molecule has 10 aliphatic heterocycles. The summed E-state index contributed by atoms with van der Waals surface area (Å²) in [5, 5.41) is 0. The molecule has 20 aliphatic rings. The van der Waals surface area contributed by atoms with Crippen molar-refractivity contribution in [1.82, 2.24) is 0 Å². The molecular weight excluding hydrogens is 1630 g/mol. The zero-order chi connectivity index (χ0) is 94.3. The van der Waals surface area contributed by atoms with Crippen LogP contribution < -0.4 is 0 Å². The molecular formula is C124H248N10+10. The van der Waals surface area contributed by atoms with E-state index >= 15 is 0 Å². The second-order valence-electron chi connectivity index (χ2n) is 52.5. The Balaban J connectivity index is 0.000000143. The molecule has 0 amide bonds. The Labute approximate surface area is 840 Å². The molecule has 10 saturated heterocycles. The maximum absolute atomic E-state index is 2.50. The largest absolute Gasteiger partial charge is 0.324 e. The number of likely N-dealkylation sites (tertiary alicyclic amines) is 10. The van der Waals surface area contributed by atoms with E-state index in [4.69, 9.17) is 0 Å². The molecule has 10 saturated carbocycles. The highest BCUT2D eigenvalue weighted by Gasteiger charge is 2.47. The van der Waals surface area contributed by atoms with E-state index in [1.54, 1.807) is 0 Å². The molecule has 0 spiro atoms. The van der Waals surface area contributed by atoms with Crippen molar-refractivity contribution in [3.63, 3.8) is 0 Å². The van der Waals surface area contributed by atoms with Gasteiger partial charge in [0.2, 0.25) is 0 Å². The lowest BCUT2D eigenvalue weighted by Gasteiger charge is -2.43. The van der Waals surface area contributed by atoms with Crippen LogP contribution in [0.2, 0.25) is 0 Å². The van der Waals surface area contributed by atoms with E-state index in [9.17, 15) is 0 Å². The third-order valence-electron chi connectivity index (χ3n) is 44.4. The van der Waals surface area contributed by atoms with Gasteiger partial charge in [0.1, 0.15) is 0 Å². The van der Waals surface area contributed by atoms with Crippen LogP contribution in [0, 0.1) is 0 Å². The van der Waals surface area contributed by atoms with Crippen molar-refractivity contribution >= 4 is 0 Å². The summed E-state index contributed by atoms with van der Waals surface area (Å²) in [6.45, 7) is 52.5. The molecule has 0 unspecified atom stereocenters. The lowest BCUT2D eigenvalue weighted by Crippen LogP contribution is -2.54. The standard InChI is InChI=1S/C15H30N.4C13H26N.3C12H24N.C11H22N.C10H20N/c1-2-3-12-16(13-8-9-14-16)15-10-6-4-5-7-11-15;1-2-10-14(11-6-7-12-14)13-8-4-3-5-9-13;3*1-2-14(11-7-8-12-14)13-9-5-3-4-6-10-13;2*1-13(10-6-7-11-13)12-8-4-2-3-5-9-12;1-2-13(10-6-7-11-13)12-8-4-3-5-9-12;1-12(9-5-6-10-12)11-7-3-2-4-8-11;1-11(8-4-5-9-11)10-6-2-3-7-10/h15H,2-14H2,1H3;4*13H,2-12H2,1H3;3*12H,2-11H2,1H3;11H,2-10H2,1H3;10H,2-9H2,1H3/q10*+1. The summed E-state index contributed by atoms with van der Waals surface area (Å²) in [6.07, 6.45) is 117. The van der Waals surface area contributed by atoms with Gasteiger partial charge in [-0.05, 0) is 297 Å². The molecule has 10 heteroatoms. The highest BCUT2D eigenvalue weighted by Crippen LogP contribution is 2.42. The summed E-state index contributed by atoms with van der Waals surface area (Å²) in [4.78, 5) is 0. The number of hydrogen-bond donors (Lipinski definition) is 0. The highest BCUT2D eigenvalue weighted by atomic mass is 15.4. The number of unbranched alkanes of at least 4 members (excludes halogenated alkanes) is 1. The Hall–Kier alpha value is -0.400. The summed E-state index contributed by atoms with van der Waals surface area (Å²) < 4.78 is 14.6. The first-order valence-electron chi connectivity index (χ1n) is 64.0. The van der Waals surface area contributed by atoms with Gasteiger partial charge >= 0.3 is 0 Å². The first-order chi connectivity index (χ1) is 65.5. The lowest BCUT2D eigenvalue weighted by molar-refractivity contribution is -0.941. The van der Waals surface area contributed by atoms with Gasteiger partial charge in [-0.3, -0.25) is 0 Å². The first-order valence-corrected chi connectivity index (χ1v) is 64.0. The van der Waals surface area contributed by atoms with Crippen LogP contribution in [0.5, 0.6) is 0 Å². The van der Waals surface area contributed by atoms with Gasteiger partial charge < -0.3 is 44.8 Å². The Morgan fingerprint density at radius 1 is 0.127 bits per heavy atom. The van der Waals surface area contributed by atoms with Crippen molar-refractivity contribution in [2.24, 2.45) is 0 Å². The topological polar surface area (TPSA) is 0 Å². The summed E-state index contributed by atoms with van der Waals surface area (Å²) >= 11 is 0. The number of quaternary nitrogens is 10. The first kappa shape index (κ1) is 114. The average molecular weight is 1880 g/mol. The second kappa shape index (κ2) is 61.3. The van der Waals surface area contributed by atoms with Gasteiger partial charge in [0.15, 0.2) is 0 Å². The molecule has 0 aromatic rings. The normalized spacial score (nSPS) is 29.2. The van der Waals surface area contributed by atoms with Crippen LogP contribution in [0.3, 0.4) is 0 Å². The summed E-state index contributed by atoms with van der Waals surface area (Å²) in [5.41, 5.74) is 0. The highest BCUT2D eigenvalue weighted by molar-refractivity contribution is 4.80. The monoisotopic (exact) mass is 1880 g/mol. The third-order valence-corrected chi connectivity index (χ3v) is 44.4.